The molecule has 10 nitrogen and oxygen atoms in total. The molecule has 1 aliphatic heterocycles. The first kappa shape index (κ1) is 21.4. The second-order valence-corrected chi connectivity index (χ2v) is 7.53. The molecule has 4 rings (SSSR count). The Bertz CT molecular complexity index is 1170. The van der Waals surface area contributed by atoms with Crippen LogP contribution in [0.3, 0.4) is 0 Å². The number of pyridine rings is 1. The van der Waals surface area contributed by atoms with E-state index in [4.69, 9.17) is 11.2 Å². The van der Waals surface area contributed by atoms with Crippen molar-refractivity contribution < 1.29 is 4.74 Å². The van der Waals surface area contributed by atoms with Gasteiger partial charge in [-0.25, -0.2) is 4.68 Å². The third kappa shape index (κ3) is 4.90. The Balaban J connectivity index is 1.54. The molecule has 32 heavy (non-hydrogen) atoms. The largest absolute Gasteiger partial charge is 0.497 e. The number of tetrazole rings is 1. The van der Waals surface area contributed by atoms with E-state index in [1.54, 1.807) is 24.2 Å². The van der Waals surface area contributed by atoms with Crippen LogP contribution in [-0.4, -0.2) is 44.5 Å². The van der Waals surface area contributed by atoms with Gasteiger partial charge in [0.05, 0.1) is 13.7 Å². The van der Waals surface area contributed by atoms with Crippen molar-refractivity contribution in [2.45, 2.75) is 37.5 Å². The van der Waals surface area contributed by atoms with Gasteiger partial charge in [0.15, 0.2) is 16.9 Å². The summed E-state index contributed by atoms with van der Waals surface area (Å²) in [5.74, 6) is 3.95. The van der Waals surface area contributed by atoms with E-state index in [0.29, 0.717) is 37.3 Å². The molecule has 0 amide bonds. The zero-order chi connectivity index (χ0) is 22.4. The molecule has 1 unspecified atom stereocenters. The van der Waals surface area contributed by atoms with E-state index in [2.05, 4.69) is 42.0 Å². The molecule has 3 heterocycles. The number of terminal acetylenes is 1. The first-order valence-electron chi connectivity index (χ1n) is 10.3. The summed E-state index contributed by atoms with van der Waals surface area (Å²) in [4.78, 5) is 15.6. The lowest BCUT2D eigenvalue weighted by atomic mass is 10.0. The molecule has 0 fully saturated rings. The molecule has 2 N–H and O–H groups in total. The Labute approximate surface area is 185 Å². The molecule has 3 aromatic rings. The first-order chi connectivity index (χ1) is 15.6. The monoisotopic (exact) mass is 432 g/mol. The lowest BCUT2D eigenvalue weighted by molar-refractivity contribution is 0.414. The summed E-state index contributed by atoms with van der Waals surface area (Å²) in [6.45, 7) is 1.01. The summed E-state index contributed by atoms with van der Waals surface area (Å²) < 4.78 is 6.90. The van der Waals surface area contributed by atoms with Gasteiger partial charge < -0.3 is 15.0 Å². The molecule has 0 radical (unpaired) electrons. The Morgan fingerprint density at radius 3 is 2.75 bits per heavy atom. The van der Waals surface area contributed by atoms with E-state index in [9.17, 15) is 4.79 Å². The SMILES string of the molecule is C#CCCC1(CCNC(c2c[nH]ccc2=O)c2nnnn2Cc2ccc(OC)cc2)N=N1. The maximum atomic E-state index is 12.6. The molecule has 0 spiro atoms. The fraction of sp³-hybridized carbons (Fsp3) is 0.364. The maximum Gasteiger partial charge on any atom is 0.193 e. The number of aromatic nitrogens is 5. The van der Waals surface area contributed by atoms with Crippen LogP contribution in [0.5, 0.6) is 5.75 Å². The lowest BCUT2D eigenvalue weighted by Crippen LogP contribution is -2.32. The number of nitrogens with one attached hydrogen (secondary N) is 2. The van der Waals surface area contributed by atoms with Crippen molar-refractivity contribution >= 4 is 0 Å². The van der Waals surface area contributed by atoms with Gasteiger partial charge in [-0.1, -0.05) is 12.1 Å². The smallest absolute Gasteiger partial charge is 0.193 e. The van der Waals surface area contributed by atoms with E-state index in [-0.39, 0.29) is 5.43 Å². The fourth-order valence-electron chi connectivity index (χ4n) is 3.51. The molecular weight excluding hydrogens is 408 g/mol. The van der Waals surface area contributed by atoms with Crippen LogP contribution >= 0.6 is 0 Å². The highest BCUT2D eigenvalue weighted by atomic mass is 16.5. The van der Waals surface area contributed by atoms with Crippen molar-refractivity contribution in [3.8, 4) is 18.1 Å². The summed E-state index contributed by atoms with van der Waals surface area (Å²) in [6, 6.07) is 8.66. The van der Waals surface area contributed by atoms with E-state index in [1.165, 1.54) is 6.07 Å². The molecule has 1 aliphatic rings. The van der Waals surface area contributed by atoms with E-state index in [0.717, 1.165) is 17.7 Å². The molecule has 0 saturated carbocycles. The van der Waals surface area contributed by atoms with Gasteiger partial charge in [-0.15, -0.1) is 17.4 Å². The Morgan fingerprint density at radius 2 is 2.06 bits per heavy atom. The van der Waals surface area contributed by atoms with Crippen molar-refractivity contribution in [1.29, 1.82) is 0 Å². The molecule has 2 aromatic heterocycles. The predicted octanol–water partition coefficient (Wildman–Crippen LogP) is 2.06. The van der Waals surface area contributed by atoms with Gasteiger partial charge in [-0.3, -0.25) is 4.79 Å². The van der Waals surface area contributed by atoms with Crippen LogP contribution in [0.25, 0.3) is 0 Å². The summed E-state index contributed by atoms with van der Waals surface area (Å²) in [6.07, 6.45) is 10.7. The first-order valence-corrected chi connectivity index (χ1v) is 10.3. The standard InChI is InChI=1S/C22H24N8O2/c1-3-4-10-22(26-27-22)11-13-24-20(18-14-23-12-9-19(18)31)21-25-28-29-30(21)15-16-5-7-17(32-2)8-6-16/h1,5-9,12,14,20,24H,4,10-11,13,15H2,2H3,(H,23,31). The third-order valence-electron chi connectivity index (χ3n) is 5.40. The third-order valence-corrected chi connectivity index (χ3v) is 5.40. The van der Waals surface area contributed by atoms with Crippen LogP contribution in [0.15, 0.2) is 57.7 Å². The van der Waals surface area contributed by atoms with Crippen LogP contribution in [0.4, 0.5) is 0 Å². The van der Waals surface area contributed by atoms with Crippen molar-refractivity contribution in [2.24, 2.45) is 10.2 Å². The Kier molecular flexibility index (Phi) is 6.37. The number of hydrogen-bond donors (Lipinski definition) is 2. The second kappa shape index (κ2) is 9.53. The van der Waals surface area contributed by atoms with Gasteiger partial charge in [0.25, 0.3) is 0 Å². The van der Waals surface area contributed by atoms with Gasteiger partial charge in [-0.2, -0.15) is 10.2 Å². The van der Waals surface area contributed by atoms with Gasteiger partial charge in [0.1, 0.15) is 11.8 Å². The summed E-state index contributed by atoms with van der Waals surface area (Å²) in [7, 11) is 1.63. The molecular formula is C22H24N8O2. The highest BCUT2D eigenvalue weighted by molar-refractivity contribution is 5.28. The van der Waals surface area contributed by atoms with Gasteiger partial charge in [0, 0.05) is 49.8 Å². The number of aromatic amines is 1. The number of methoxy groups -OCH3 is 1. The van der Waals surface area contributed by atoms with Gasteiger partial charge >= 0.3 is 0 Å². The number of nitrogens with zero attached hydrogens (tertiary/aromatic N) is 6. The zero-order valence-electron chi connectivity index (χ0n) is 17.7. The minimum Gasteiger partial charge on any atom is -0.497 e. The summed E-state index contributed by atoms with van der Waals surface area (Å²) >= 11 is 0. The molecule has 164 valence electrons. The Morgan fingerprint density at radius 1 is 1.25 bits per heavy atom. The van der Waals surface area contributed by atoms with E-state index < -0.39 is 11.7 Å². The summed E-state index contributed by atoms with van der Waals surface area (Å²) in [5, 5.41) is 24.0. The van der Waals surface area contributed by atoms with Crippen molar-refractivity contribution in [3.05, 3.63) is 69.9 Å². The normalized spacial score (nSPS) is 14.6. The average Bonchev–Trinajstić information content (AvgIpc) is 3.45. The summed E-state index contributed by atoms with van der Waals surface area (Å²) in [5.41, 5.74) is 1.01. The second-order valence-electron chi connectivity index (χ2n) is 7.53. The zero-order valence-corrected chi connectivity index (χ0v) is 17.7. The van der Waals surface area contributed by atoms with Crippen molar-refractivity contribution in [2.75, 3.05) is 13.7 Å². The van der Waals surface area contributed by atoms with E-state index >= 15 is 0 Å². The number of hydrogen-bond acceptors (Lipinski definition) is 8. The number of benzene rings is 1. The van der Waals surface area contributed by atoms with Crippen LogP contribution in [0.2, 0.25) is 0 Å². The maximum absolute atomic E-state index is 12.6. The Hall–Kier alpha value is -3.84. The minimum atomic E-state index is -0.503. The number of ether oxygens (including phenoxy) is 1. The fourth-order valence-corrected chi connectivity index (χ4v) is 3.51. The van der Waals surface area contributed by atoms with Crippen LogP contribution < -0.4 is 15.5 Å². The van der Waals surface area contributed by atoms with Crippen molar-refractivity contribution in [3.63, 3.8) is 0 Å². The van der Waals surface area contributed by atoms with Crippen LogP contribution in [-0.2, 0) is 6.54 Å². The van der Waals surface area contributed by atoms with Crippen LogP contribution in [0, 0.1) is 12.3 Å². The van der Waals surface area contributed by atoms with Gasteiger partial charge in [0.2, 0.25) is 0 Å². The highest BCUT2D eigenvalue weighted by Gasteiger charge is 2.39. The molecule has 1 atom stereocenters. The quantitative estimate of drug-likeness (QED) is 0.447. The van der Waals surface area contributed by atoms with Crippen LogP contribution in [0.1, 0.15) is 42.3 Å². The van der Waals surface area contributed by atoms with E-state index in [1.807, 2.05) is 24.3 Å². The molecule has 0 bridgehead atoms. The highest BCUT2D eigenvalue weighted by Crippen LogP contribution is 2.36. The molecule has 0 aliphatic carbocycles. The lowest BCUT2D eigenvalue weighted by Gasteiger charge is -2.19. The number of rotatable bonds is 11. The minimum absolute atomic E-state index is 0.108. The van der Waals surface area contributed by atoms with Gasteiger partial charge in [-0.05, 0) is 28.1 Å². The topological polar surface area (TPSA) is 122 Å². The molecule has 1 aromatic carbocycles. The molecule has 0 saturated heterocycles. The average molecular weight is 432 g/mol. The predicted molar refractivity (Wildman–Crippen MR) is 117 cm³/mol. The molecule has 10 heteroatoms. The number of H-pyrrole nitrogens is 1. The van der Waals surface area contributed by atoms with Crippen molar-refractivity contribution in [1.82, 2.24) is 30.5 Å².